The molecule has 2 aromatic rings. The van der Waals surface area contributed by atoms with E-state index in [1.165, 1.54) is 30.3 Å². The van der Waals surface area contributed by atoms with Gasteiger partial charge in [0.2, 0.25) is 5.76 Å². The fraction of sp³-hybridized carbons (Fsp3) is 0.364. The van der Waals surface area contributed by atoms with Gasteiger partial charge in [-0.15, -0.1) is 0 Å². The van der Waals surface area contributed by atoms with E-state index >= 15 is 0 Å². The SMILES string of the molecule is N=C(N)c1ccc(OC(=O)c2ccc(CN3CCC[C@@H]3C(=O)C[C@@H](CS(=O)(=O)O)C(=O)O)o2)cc1. The molecule has 1 aliphatic rings. The van der Waals surface area contributed by atoms with Gasteiger partial charge in [0.25, 0.3) is 10.1 Å². The highest BCUT2D eigenvalue weighted by molar-refractivity contribution is 7.85. The lowest BCUT2D eigenvalue weighted by atomic mass is 9.98. The van der Waals surface area contributed by atoms with Crippen LogP contribution >= 0.6 is 0 Å². The Bertz CT molecular complexity index is 1220. The zero-order chi connectivity index (χ0) is 25.8. The number of benzene rings is 1. The van der Waals surface area contributed by atoms with Gasteiger partial charge >= 0.3 is 11.9 Å². The number of esters is 1. The van der Waals surface area contributed by atoms with Crippen molar-refractivity contribution in [2.75, 3.05) is 12.3 Å². The molecule has 0 radical (unpaired) electrons. The Morgan fingerprint density at radius 2 is 1.89 bits per heavy atom. The normalized spacial score (nSPS) is 17.1. The molecule has 3 rings (SSSR count). The van der Waals surface area contributed by atoms with Crippen LogP contribution in [0.15, 0.2) is 40.8 Å². The first-order valence-electron chi connectivity index (χ1n) is 10.6. The van der Waals surface area contributed by atoms with E-state index in [0.29, 0.717) is 30.7 Å². The van der Waals surface area contributed by atoms with Crippen LogP contribution in [0, 0.1) is 11.3 Å². The molecule has 0 spiro atoms. The van der Waals surface area contributed by atoms with E-state index in [-0.39, 0.29) is 23.9 Å². The number of nitrogens with zero attached hydrogens (tertiary/aromatic N) is 1. The van der Waals surface area contributed by atoms with Crippen LogP contribution in [0.4, 0.5) is 0 Å². The van der Waals surface area contributed by atoms with Crippen molar-refractivity contribution in [1.29, 1.82) is 5.41 Å². The van der Waals surface area contributed by atoms with E-state index in [9.17, 15) is 27.9 Å². The van der Waals surface area contributed by atoms with Gasteiger partial charge in [-0.25, -0.2) is 4.79 Å². The molecule has 0 saturated carbocycles. The predicted octanol–water partition coefficient (Wildman–Crippen LogP) is 1.30. The zero-order valence-corrected chi connectivity index (χ0v) is 19.4. The summed E-state index contributed by atoms with van der Waals surface area (Å²) in [5.74, 6) is -4.81. The van der Waals surface area contributed by atoms with Crippen molar-refractivity contribution in [3.8, 4) is 5.75 Å². The maximum Gasteiger partial charge on any atom is 0.379 e. The number of amidine groups is 1. The summed E-state index contributed by atoms with van der Waals surface area (Å²) < 4.78 is 41.9. The van der Waals surface area contributed by atoms with Crippen molar-refractivity contribution in [2.45, 2.75) is 31.8 Å². The molecule has 2 heterocycles. The Morgan fingerprint density at radius 1 is 1.20 bits per heavy atom. The standard InChI is InChI=1S/C22H25N3O9S/c23-20(24)13-3-5-15(6-4-13)34-22(29)19-8-7-16(33-19)11-25-9-1-2-17(25)18(26)10-14(21(27)28)12-35(30,31)32/h3-8,14,17H,1-2,9-12H2,(H3,23,24)(H,27,28)(H,30,31,32)/t14-,17+/m0/s1. The Kier molecular flexibility index (Phi) is 8.04. The summed E-state index contributed by atoms with van der Waals surface area (Å²) >= 11 is 0. The minimum atomic E-state index is -4.55. The van der Waals surface area contributed by atoms with Crippen LogP contribution in [-0.2, 0) is 26.3 Å². The molecule has 1 aromatic heterocycles. The number of aliphatic carboxylic acids is 1. The van der Waals surface area contributed by atoms with Crippen LogP contribution in [0.1, 0.15) is 41.1 Å². The molecule has 5 N–H and O–H groups in total. The number of carbonyl (C=O) groups is 3. The number of likely N-dealkylation sites (tertiary alicyclic amines) is 1. The summed E-state index contributed by atoms with van der Waals surface area (Å²) in [6.45, 7) is 0.697. The lowest BCUT2D eigenvalue weighted by Crippen LogP contribution is -2.38. The number of nitrogens with two attached hydrogens (primary N) is 1. The second-order valence-electron chi connectivity index (χ2n) is 8.18. The zero-order valence-electron chi connectivity index (χ0n) is 18.5. The average molecular weight is 508 g/mol. The monoisotopic (exact) mass is 507 g/mol. The van der Waals surface area contributed by atoms with Gasteiger partial charge in [0.15, 0.2) is 5.78 Å². The van der Waals surface area contributed by atoms with Crippen molar-refractivity contribution in [2.24, 2.45) is 11.7 Å². The van der Waals surface area contributed by atoms with Crippen molar-refractivity contribution in [3.05, 3.63) is 53.5 Å². The topological polar surface area (TPSA) is 201 Å². The molecule has 1 aliphatic heterocycles. The third-order valence-electron chi connectivity index (χ3n) is 5.54. The molecule has 13 heteroatoms. The van der Waals surface area contributed by atoms with Crippen LogP contribution in [0.25, 0.3) is 0 Å². The second-order valence-corrected chi connectivity index (χ2v) is 9.67. The number of carboxylic acids is 1. The lowest BCUT2D eigenvalue weighted by Gasteiger charge is -2.23. The van der Waals surface area contributed by atoms with E-state index in [0.717, 1.165) is 0 Å². The number of hydrogen-bond acceptors (Lipinski definition) is 9. The van der Waals surface area contributed by atoms with Gasteiger partial charge < -0.3 is 20.0 Å². The third-order valence-corrected chi connectivity index (χ3v) is 6.37. The van der Waals surface area contributed by atoms with E-state index in [2.05, 4.69) is 0 Å². The van der Waals surface area contributed by atoms with Crippen molar-refractivity contribution < 1.29 is 41.6 Å². The van der Waals surface area contributed by atoms with Crippen molar-refractivity contribution >= 4 is 33.7 Å². The smallest absolute Gasteiger partial charge is 0.379 e. The van der Waals surface area contributed by atoms with Crippen molar-refractivity contribution in [3.63, 3.8) is 0 Å². The molecule has 12 nitrogen and oxygen atoms in total. The summed E-state index contributed by atoms with van der Waals surface area (Å²) in [7, 11) is -4.55. The molecule has 1 saturated heterocycles. The fourth-order valence-electron chi connectivity index (χ4n) is 3.86. The largest absolute Gasteiger partial charge is 0.481 e. The maximum absolute atomic E-state index is 12.7. The molecule has 0 aliphatic carbocycles. The molecule has 2 atom stereocenters. The highest BCUT2D eigenvalue weighted by atomic mass is 32.2. The third kappa shape index (κ3) is 7.21. The maximum atomic E-state index is 12.7. The highest BCUT2D eigenvalue weighted by Gasteiger charge is 2.35. The molecule has 35 heavy (non-hydrogen) atoms. The minimum absolute atomic E-state index is 0.0585. The lowest BCUT2D eigenvalue weighted by molar-refractivity contribution is -0.143. The molecule has 188 valence electrons. The van der Waals surface area contributed by atoms with E-state index in [1.54, 1.807) is 11.0 Å². The Hall–Kier alpha value is -3.55. The summed E-state index contributed by atoms with van der Waals surface area (Å²) in [6.07, 6.45) is 0.593. The molecule has 1 fully saturated rings. The highest BCUT2D eigenvalue weighted by Crippen LogP contribution is 2.25. The molecular weight excluding hydrogens is 482 g/mol. The fourth-order valence-corrected chi connectivity index (χ4v) is 4.63. The summed E-state index contributed by atoms with van der Waals surface area (Å²) in [6, 6.07) is 8.41. The second kappa shape index (κ2) is 10.8. The number of nitrogen functional groups attached to an aromatic ring is 1. The number of rotatable bonds is 11. The number of ether oxygens (including phenoxy) is 1. The minimum Gasteiger partial charge on any atom is -0.481 e. The Labute approximate surface area is 200 Å². The molecule has 0 amide bonds. The van der Waals surface area contributed by atoms with Crippen LogP contribution < -0.4 is 10.5 Å². The van der Waals surface area contributed by atoms with Gasteiger partial charge in [-0.2, -0.15) is 8.42 Å². The van der Waals surface area contributed by atoms with Gasteiger partial charge in [-0.3, -0.25) is 24.5 Å². The Balaban J connectivity index is 1.61. The number of hydrogen-bond donors (Lipinski definition) is 4. The summed E-state index contributed by atoms with van der Waals surface area (Å²) in [4.78, 5) is 38.2. The van der Waals surface area contributed by atoms with E-state index in [4.69, 9.17) is 24.8 Å². The van der Waals surface area contributed by atoms with E-state index in [1.807, 2.05) is 0 Å². The first kappa shape index (κ1) is 26.1. The number of Topliss-reactive ketones (excluding diaryl/α,β-unsaturated/α-hetero) is 1. The Morgan fingerprint density at radius 3 is 2.49 bits per heavy atom. The molecule has 0 bridgehead atoms. The predicted molar refractivity (Wildman–Crippen MR) is 122 cm³/mol. The molecular formula is C22H25N3O9S. The summed E-state index contributed by atoms with van der Waals surface area (Å²) in [5, 5.41) is 16.6. The molecule has 1 aromatic carbocycles. The number of carbonyl (C=O) groups excluding carboxylic acids is 2. The van der Waals surface area contributed by atoms with Gasteiger partial charge in [-0.1, -0.05) is 0 Å². The first-order chi connectivity index (χ1) is 16.4. The van der Waals surface area contributed by atoms with Gasteiger partial charge in [0, 0.05) is 12.0 Å². The number of carboxylic acid groups (broad SMARTS) is 1. The van der Waals surface area contributed by atoms with Crippen LogP contribution in [-0.4, -0.2) is 64.9 Å². The van der Waals surface area contributed by atoms with Crippen LogP contribution in [0.2, 0.25) is 0 Å². The number of furan rings is 1. The first-order valence-corrected chi connectivity index (χ1v) is 12.2. The number of nitrogens with one attached hydrogen (secondary N) is 1. The quantitative estimate of drug-likeness (QED) is 0.112. The average Bonchev–Trinajstić information content (AvgIpc) is 3.42. The van der Waals surface area contributed by atoms with Gasteiger partial charge in [-0.05, 0) is 55.8 Å². The van der Waals surface area contributed by atoms with Crippen molar-refractivity contribution in [1.82, 2.24) is 4.90 Å². The summed E-state index contributed by atoms with van der Waals surface area (Å²) in [5.41, 5.74) is 5.87. The van der Waals surface area contributed by atoms with Crippen LogP contribution in [0.5, 0.6) is 5.75 Å². The molecule has 0 unspecified atom stereocenters. The van der Waals surface area contributed by atoms with Gasteiger partial charge in [0.1, 0.15) is 17.3 Å². The van der Waals surface area contributed by atoms with Gasteiger partial charge in [0.05, 0.1) is 24.3 Å². The van der Waals surface area contributed by atoms with Crippen LogP contribution in [0.3, 0.4) is 0 Å². The van der Waals surface area contributed by atoms with E-state index < -0.39 is 52.0 Å². The number of ketones is 1.